The summed E-state index contributed by atoms with van der Waals surface area (Å²) < 4.78 is 0. The zero-order chi connectivity index (χ0) is 18.0. The number of nitro benzene ring substituents is 1. The third kappa shape index (κ3) is 3.93. The Kier molecular flexibility index (Phi) is 4.94. The van der Waals surface area contributed by atoms with E-state index in [4.69, 9.17) is 0 Å². The minimum absolute atomic E-state index is 0.0268. The van der Waals surface area contributed by atoms with Crippen molar-refractivity contribution in [3.05, 3.63) is 61.3 Å². The number of hydrogen-bond acceptors (Lipinski definition) is 5. The number of hydrazone groups is 1. The molecule has 1 N–H and O–H groups in total. The lowest BCUT2D eigenvalue weighted by molar-refractivity contribution is -0.384. The van der Waals surface area contributed by atoms with E-state index >= 15 is 0 Å². The second-order valence-electron chi connectivity index (χ2n) is 6.35. The van der Waals surface area contributed by atoms with Gasteiger partial charge in [0, 0.05) is 17.0 Å². The number of aryl methyl sites for hydroxylation is 1. The van der Waals surface area contributed by atoms with E-state index in [1.165, 1.54) is 29.0 Å². The fourth-order valence-electron chi connectivity index (χ4n) is 2.90. The normalized spacial score (nSPS) is 17.0. The van der Waals surface area contributed by atoms with Gasteiger partial charge in [0.05, 0.1) is 15.5 Å². The van der Waals surface area contributed by atoms with E-state index in [9.17, 15) is 14.9 Å². The number of nitrogens with one attached hydrogen (secondary N) is 1. The lowest BCUT2D eigenvalue weighted by atomic mass is 9.90. The summed E-state index contributed by atoms with van der Waals surface area (Å²) in [6, 6.07) is 8.06. The molecular weight excluding hydrogens is 338 g/mol. The molecule has 6 nitrogen and oxygen atoms in total. The van der Waals surface area contributed by atoms with E-state index in [2.05, 4.69) is 17.5 Å². The molecule has 0 aliphatic heterocycles. The van der Waals surface area contributed by atoms with Crippen LogP contribution in [0.3, 0.4) is 0 Å². The molecule has 1 amide bonds. The van der Waals surface area contributed by atoms with E-state index in [0.29, 0.717) is 16.5 Å². The lowest BCUT2D eigenvalue weighted by Crippen LogP contribution is -2.18. The zero-order valence-corrected chi connectivity index (χ0v) is 14.9. The average molecular weight is 357 g/mol. The van der Waals surface area contributed by atoms with Crippen LogP contribution in [0.1, 0.15) is 45.9 Å². The van der Waals surface area contributed by atoms with Gasteiger partial charge in [0.2, 0.25) is 0 Å². The quantitative estimate of drug-likeness (QED) is 0.511. The standard InChI is InChI=1S/C18H19N3O3S/c1-11-3-8-16-14(9-11)10-17(25-16)18(22)20-19-12(2)13-4-6-15(7-5-13)21(23)24/h4-7,10-11H,3,8-9H2,1-2H3,(H,20,22)/b19-12+. The highest BCUT2D eigenvalue weighted by atomic mass is 32.1. The summed E-state index contributed by atoms with van der Waals surface area (Å²) in [6.07, 6.45) is 3.25. The van der Waals surface area contributed by atoms with Crippen LogP contribution in [0.15, 0.2) is 35.4 Å². The molecule has 0 saturated carbocycles. The highest BCUT2D eigenvalue weighted by Gasteiger charge is 2.20. The zero-order valence-electron chi connectivity index (χ0n) is 14.1. The molecule has 0 bridgehead atoms. The predicted octanol–water partition coefficient (Wildman–Crippen LogP) is 3.94. The van der Waals surface area contributed by atoms with Gasteiger partial charge in [0.1, 0.15) is 0 Å². The van der Waals surface area contributed by atoms with Crippen LogP contribution in [0.4, 0.5) is 5.69 Å². The number of fused-ring (bicyclic) bond motifs is 1. The average Bonchev–Trinajstić information content (AvgIpc) is 3.02. The predicted molar refractivity (Wildman–Crippen MR) is 98.3 cm³/mol. The topological polar surface area (TPSA) is 84.6 Å². The first-order valence-corrected chi connectivity index (χ1v) is 8.96. The molecule has 25 heavy (non-hydrogen) atoms. The maximum Gasteiger partial charge on any atom is 0.281 e. The van der Waals surface area contributed by atoms with Crippen LogP contribution < -0.4 is 5.43 Å². The number of rotatable bonds is 4. The highest BCUT2D eigenvalue weighted by molar-refractivity contribution is 7.14. The number of carbonyl (C=O) groups excluding carboxylic acids is 1. The molecule has 1 heterocycles. The monoisotopic (exact) mass is 357 g/mol. The highest BCUT2D eigenvalue weighted by Crippen LogP contribution is 2.32. The van der Waals surface area contributed by atoms with Gasteiger partial charge in [-0.1, -0.05) is 6.92 Å². The summed E-state index contributed by atoms with van der Waals surface area (Å²) in [7, 11) is 0. The number of thiophene rings is 1. The molecule has 2 aromatic rings. The van der Waals surface area contributed by atoms with E-state index in [1.54, 1.807) is 30.4 Å². The Morgan fingerprint density at radius 2 is 2.08 bits per heavy atom. The summed E-state index contributed by atoms with van der Waals surface area (Å²) >= 11 is 1.54. The molecule has 0 fully saturated rings. The molecule has 1 aromatic heterocycles. The van der Waals surface area contributed by atoms with Crippen molar-refractivity contribution in [1.29, 1.82) is 0 Å². The Morgan fingerprint density at radius 1 is 1.36 bits per heavy atom. The van der Waals surface area contributed by atoms with Gasteiger partial charge in [-0.05, 0) is 61.4 Å². The number of benzene rings is 1. The number of hydrogen-bond donors (Lipinski definition) is 1. The summed E-state index contributed by atoms with van der Waals surface area (Å²) in [5.41, 5.74) is 5.21. The lowest BCUT2D eigenvalue weighted by Gasteiger charge is -2.16. The van der Waals surface area contributed by atoms with Crippen LogP contribution in [-0.2, 0) is 12.8 Å². The van der Waals surface area contributed by atoms with Crippen LogP contribution in [0, 0.1) is 16.0 Å². The Morgan fingerprint density at radius 3 is 2.76 bits per heavy atom. The van der Waals surface area contributed by atoms with Crippen LogP contribution in [0.5, 0.6) is 0 Å². The van der Waals surface area contributed by atoms with Gasteiger partial charge < -0.3 is 0 Å². The van der Waals surface area contributed by atoms with E-state index in [1.807, 2.05) is 6.07 Å². The molecule has 0 radical (unpaired) electrons. The van der Waals surface area contributed by atoms with Gasteiger partial charge >= 0.3 is 0 Å². The second-order valence-corrected chi connectivity index (χ2v) is 7.49. The molecule has 1 atom stereocenters. The van der Waals surface area contributed by atoms with Crippen LogP contribution in [-0.4, -0.2) is 16.5 Å². The van der Waals surface area contributed by atoms with Crippen molar-refractivity contribution in [2.45, 2.75) is 33.1 Å². The Labute approximate surface area is 149 Å². The molecule has 130 valence electrons. The number of nitrogens with zero attached hydrogens (tertiary/aromatic N) is 2. The Bertz CT molecular complexity index is 840. The molecule has 1 unspecified atom stereocenters. The van der Waals surface area contributed by atoms with Gasteiger partial charge in [-0.3, -0.25) is 14.9 Å². The smallest absolute Gasteiger partial charge is 0.266 e. The number of carbonyl (C=O) groups is 1. The van der Waals surface area contributed by atoms with Gasteiger partial charge in [0.25, 0.3) is 11.6 Å². The van der Waals surface area contributed by atoms with Crippen LogP contribution in [0.2, 0.25) is 0 Å². The van der Waals surface area contributed by atoms with Gasteiger partial charge in [-0.15, -0.1) is 11.3 Å². The van der Waals surface area contributed by atoms with Crippen molar-refractivity contribution in [3.8, 4) is 0 Å². The van der Waals surface area contributed by atoms with Crippen molar-refractivity contribution in [1.82, 2.24) is 5.43 Å². The van der Waals surface area contributed by atoms with E-state index in [0.717, 1.165) is 18.4 Å². The summed E-state index contributed by atoms with van der Waals surface area (Å²) in [5.74, 6) is 0.453. The van der Waals surface area contributed by atoms with Crippen LogP contribution >= 0.6 is 11.3 Å². The van der Waals surface area contributed by atoms with Crippen molar-refractivity contribution in [2.24, 2.45) is 11.0 Å². The minimum atomic E-state index is -0.447. The minimum Gasteiger partial charge on any atom is -0.266 e. The molecule has 0 saturated heterocycles. The van der Waals surface area contributed by atoms with E-state index < -0.39 is 4.92 Å². The summed E-state index contributed by atoms with van der Waals surface area (Å²) in [4.78, 5) is 24.5. The fourth-order valence-corrected chi connectivity index (χ4v) is 3.99. The molecular formula is C18H19N3O3S. The number of nitro groups is 1. The van der Waals surface area contributed by atoms with Crippen molar-refractivity contribution < 1.29 is 9.72 Å². The van der Waals surface area contributed by atoms with Crippen molar-refractivity contribution in [3.63, 3.8) is 0 Å². The molecule has 1 aromatic carbocycles. The first-order valence-electron chi connectivity index (χ1n) is 8.15. The third-order valence-electron chi connectivity index (χ3n) is 4.37. The second kappa shape index (κ2) is 7.14. The molecule has 7 heteroatoms. The summed E-state index contributed by atoms with van der Waals surface area (Å²) in [6.45, 7) is 3.99. The first kappa shape index (κ1) is 17.3. The largest absolute Gasteiger partial charge is 0.281 e. The first-order chi connectivity index (χ1) is 11.9. The van der Waals surface area contributed by atoms with Crippen molar-refractivity contribution >= 4 is 28.6 Å². The van der Waals surface area contributed by atoms with Gasteiger partial charge in [0.15, 0.2) is 0 Å². The Balaban J connectivity index is 1.68. The Hall–Kier alpha value is -2.54. The van der Waals surface area contributed by atoms with Gasteiger partial charge in [-0.25, -0.2) is 5.43 Å². The maximum atomic E-state index is 12.3. The fraction of sp³-hybridized carbons (Fsp3) is 0.333. The summed E-state index contributed by atoms with van der Waals surface area (Å²) in [5, 5.41) is 14.8. The molecule has 0 spiro atoms. The van der Waals surface area contributed by atoms with Gasteiger partial charge in [-0.2, -0.15) is 5.10 Å². The van der Waals surface area contributed by atoms with E-state index in [-0.39, 0.29) is 11.6 Å². The van der Waals surface area contributed by atoms with Crippen molar-refractivity contribution in [2.75, 3.05) is 0 Å². The van der Waals surface area contributed by atoms with Crippen LogP contribution in [0.25, 0.3) is 0 Å². The molecule has 3 rings (SSSR count). The molecule has 1 aliphatic rings. The SMILES string of the molecule is C/C(=N\NC(=O)c1cc2c(s1)CCC(C)C2)c1ccc([N+](=O)[O-])cc1. The maximum absolute atomic E-state index is 12.3. The number of non-ortho nitro benzene ring substituents is 1. The third-order valence-corrected chi connectivity index (χ3v) is 5.61. The molecule has 1 aliphatic carbocycles. The number of amides is 1.